The SMILES string of the molecule is C=C(C)CC[C@@H]1CCCC[C@]1(OC)OO. The third-order valence-corrected chi connectivity index (χ3v) is 3.37. The van der Waals surface area contributed by atoms with Crippen molar-refractivity contribution < 1.29 is 14.9 Å². The summed E-state index contributed by atoms with van der Waals surface area (Å²) in [6, 6.07) is 0. The Morgan fingerprint density at radius 3 is 2.80 bits per heavy atom. The number of allylic oxidation sites excluding steroid dienone is 1. The van der Waals surface area contributed by atoms with E-state index < -0.39 is 5.79 Å². The molecule has 1 saturated carbocycles. The van der Waals surface area contributed by atoms with Crippen molar-refractivity contribution in [2.45, 2.75) is 51.2 Å². The molecule has 1 aliphatic rings. The molecule has 0 saturated heterocycles. The van der Waals surface area contributed by atoms with Crippen molar-refractivity contribution in [3.05, 3.63) is 12.2 Å². The third kappa shape index (κ3) is 3.03. The highest BCUT2D eigenvalue weighted by Gasteiger charge is 2.42. The van der Waals surface area contributed by atoms with Crippen molar-refractivity contribution in [3.8, 4) is 0 Å². The van der Waals surface area contributed by atoms with Gasteiger partial charge in [-0.2, -0.15) is 0 Å². The normalized spacial score (nSPS) is 31.5. The lowest BCUT2D eigenvalue weighted by molar-refractivity contribution is -0.422. The van der Waals surface area contributed by atoms with E-state index in [1.54, 1.807) is 7.11 Å². The van der Waals surface area contributed by atoms with Crippen LogP contribution in [0.5, 0.6) is 0 Å². The van der Waals surface area contributed by atoms with Gasteiger partial charge in [-0.25, -0.2) is 10.1 Å². The van der Waals surface area contributed by atoms with Crippen LogP contribution in [0.25, 0.3) is 0 Å². The second-order valence-corrected chi connectivity index (χ2v) is 4.55. The fourth-order valence-corrected chi connectivity index (χ4v) is 2.40. The standard InChI is InChI=1S/C12H22O3/c1-10(2)7-8-11-6-4-5-9-12(11,14-3)15-13/h11,13H,1,4-9H2,2-3H3/t11-,12-/m0/s1. The molecule has 15 heavy (non-hydrogen) atoms. The van der Waals surface area contributed by atoms with Crippen LogP contribution >= 0.6 is 0 Å². The van der Waals surface area contributed by atoms with E-state index in [9.17, 15) is 0 Å². The second-order valence-electron chi connectivity index (χ2n) is 4.55. The van der Waals surface area contributed by atoms with E-state index in [1.807, 2.05) is 6.92 Å². The zero-order valence-electron chi connectivity index (χ0n) is 9.79. The molecule has 3 heteroatoms. The minimum atomic E-state index is -0.770. The van der Waals surface area contributed by atoms with Gasteiger partial charge in [-0.3, -0.25) is 0 Å². The van der Waals surface area contributed by atoms with Crippen molar-refractivity contribution in [1.82, 2.24) is 0 Å². The first-order valence-corrected chi connectivity index (χ1v) is 5.66. The average molecular weight is 214 g/mol. The van der Waals surface area contributed by atoms with Crippen LogP contribution in [-0.2, 0) is 9.62 Å². The largest absolute Gasteiger partial charge is 0.350 e. The van der Waals surface area contributed by atoms with Crippen LogP contribution in [0.1, 0.15) is 45.4 Å². The van der Waals surface area contributed by atoms with E-state index in [-0.39, 0.29) is 5.92 Å². The molecular formula is C12H22O3. The molecule has 0 bridgehead atoms. The Morgan fingerprint density at radius 1 is 1.53 bits per heavy atom. The molecule has 0 unspecified atom stereocenters. The predicted molar refractivity (Wildman–Crippen MR) is 59.5 cm³/mol. The first-order valence-electron chi connectivity index (χ1n) is 5.66. The highest BCUT2D eigenvalue weighted by molar-refractivity contribution is 4.91. The summed E-state index contributed by atoms with van der Waals surface area (Å²) in [4.78, 5) is 4.62. The van der Waals surface area contributed by atoms with Gasteiger partial charge in [0.2, 0.25) is 5.79 Å². The van der Waals surface area contributed by atoms with Gasteiger partial charge in [-0.15, -0.1) is 6.58 Å². The molecule has 2 atom stereocenters. The summed E-state index contributed by atoms with van der Waals surface area (Å²) >= 11 is 0. The third-order valence-electron chi connectivity index (χ3n) is 3.37. The van der Waals surface area contributed by atoms with Crippen LogP contribution < -0.4 is 0 Å². The van der Waals surface area contributed by atoms with Crippen molar-refractivity contribution in [2.75, 3.05) is 7.11 Å². The van der Waals surface area contributed by atoms with Crippen molar-refractivity contribution in [3.63, 3.8) is 0 Å². The molecule has 1 rings (SSSR count). The van der Waals surface area contributed by atoms with Crippen LogP contribution in [0, 0.1) is 5.92 Å². The average Bonchev–Trinajstić information content (AvgIpc) is 2.26. The molecule has 0 spiro atoms. The van der Waals surface area contributed by atoms with Gasteiger partial charge >= 0.3 is 0 Å². The number of methoxy groups -OCH3 is 1. The molecule has 0 aromatic rings. The summed E-state index contributed by atoms with van der Waals surface area (Å²) in [5, 5.41) is 9.03. The summed E-state index contributed by atoms with van der Waals surface area (Å²) in [5.41, 5.74) is 1.17. The summed E-state index contributed by atoms with van der Waals surface area (Å²) in [6.07, 6.45) is 6.03. The van der Waals surface area contributed by atoms with Crippen LogP contribution in [0.3, 0.4) is 0 Å². The maximum Gasteiger partial charge on any atom is 0.203 e. The zero-order valence-corrected chi connectivity index (χ0v) is 9.79. The summed E-state index contributed by atoms with van der Waals surface area (Å²) in [7, 11) is 1.61. The molecule has 0 aliphatic heterocycles. The van der Waals surface area contributed by atoms with Crippen molar-refractivity contribution >= 4 is 0 Å². The van der Waals surface area contributed by atoms with Gasteiger partial charge in [0.15, 0.2) is 0 Å². The lowest BCUT2D eigenvalue weighted by Gasteiger charge is -2.40. The van der Waals surface area contributed by atoms with E-state index >= 15 is 0 Å². The minimum absolute atomic E-state index is 0.276. The van der Waals surface area contributed by atoms with Crippen LogP contribution in [0.2, 0.25) is 0 Å². The van der Waals surface area contributed by atoms with E-state index in [0.717, 1.165) is 32.1 Å². The second kappa shape index (κ2) is 5.64. The molecule has 1 fully saturated rings. The maximum atomic E-state index is 9.03. The Balaban J connectivity index is 2.60. The number of rotatable bonds is 5. The van der Waals surface area contributed by atoms with E-state index in [1.165, 1.54) is 12.0 Å². The van der Waals surface area contributed by atoms with Crippen molar-refractivity contribution in [2.24, 2.45) is 5.92 Å². The number of hydrogen-bond acceptors (Lipinski definition) is 3. The fourth-order valence-electron chi connectivity index (χ4n) is 2.40. The Morgan fingerprint density at radius 2 is 2.27 bits per heavy atom. The summed E-state index contributed by atoms with van der Waals surface area (Å²) < 4.78 is 5.37. The van der Waals surface area contributed by atoms with Crippen LogP contribution in [0.15, 0.2) is 12.2 Å². The molecule has 1 N–H and O–H groups in total. The highest BCUT2D eigenvalue weighted by Crippen LogP contribution is 2.39. The van der Waals surface area contributed by atoms with Gasteiger partial charge in [0.25, 0.3) is 0 Å². The van der Waals surface area contributed by atoms with Gasteiger partial charge in [-0.05, 0) is 32.6 Å². The van der Waals surface area contributed by atoms with Crippen LogP contribution in [0.4, 0.5) is 0 Å². The molecule has 1 aliphatic carbocycles. The predicted octanol–water partition coefficient (Wildman–Crippen LogP) is 3.37. The van der Waals surface area contributed by atoms with E-state index in [4.69, 9.17) is 9.99 Å². The summed E-state index contributed by atoms with van der Waals surface area (Å²) in [5.74, 6) is -0.494. The zero-order chi connectivity index (χ0) is 11.3. The van der Waals surface area contributed by atoms with Gasteiger partial charge in [0, 0.05) is 19.4 Å². The monoisotopic (exact) mass is 214 g/mol. The van der Waals surface area contributed by atoms with Gasteiger partial charge in [0.05, 0.1) is 0 Å². The molecule has 0 amide bonds. The summed E-state index contributed by atoms with van der Waals surface area (Å²) in [6.45, 7) is 5.92. The molecule has 88 valence electrons. The Hall–Kier alpha value is -0.380. The van der Waals surface area contributed by atoms with E-state index in [2.05, 4.69) is 11.5 Å². The van der Waals surface area contributed by atoms with Crippen LogP contribution in [-0.4, -0.2) is 18.2 Å². The maximum absolute atomic E-state index is 9.03. The lowest BCUT2D eigenvalue weighted by atomic mass is 9.80. The van der Waals surface area contributed by atoms with Gasteiger partial charge in [-0.1, -0.05) is 12.0 Å². The number of hydrogen-bond donors (Lipinski definition) is 1. The first-order chi connectivity index (χ1) is 7.14. The Bertz CT molecular complexity index is 209. The highest BCUT2D eigenvalue weighted by atomic mass is 17.1. The molecular weight excluding hydrogens is 192 g/mol. The lowest BCUT2D eigenvalue weighted by Crippen LogP contribution is -2.44. The Labute approximate surface area is 92.0 Å². The topological polar surface area (TPSA) is 38.7 Å². The molecule has 3 nitrogen and oxygen atoms in total. The first kappa shape index (κ1) is 12.7. The molecule has 0 aromatic carbocycles. The van der Waals surface area contributed by atoms with Crippen molar-refractivity contribution in [1.29, 1.82) is 0 Å². The van der Waals surface area contributed by atoms with E-state index in [0.29, 0.717) is 0 Å². The number of ether oxygens (including phenoxy) is 1. The van der Waals surface area contributed by atoms with Gasteiger partial charge < -0.3 is 4.74 Å². The fraction of sp³-hybridized carbons (Fsp3) is 0.833. The molecule has 0 radical (unpaired) electrons. The molecule has 0 aromatic heterocycles. The minimum Gasteiger partial charge on any atom is -0.350 e. The van der Waals surface area contributed by atoms with Gasteiger partial charge in [0.1, 0.15) is 0 Å². The smallest absolute Gasteiger partial charge is 0.203 e. The Kier molecular flexibility index (Phi) is 4.77. The quantitative estimate of drug-likeness (QED) is 0.330. The molecule has 0 heterocycles.